The third-order valence-corrected chi connectivity index (χ3v) is 4.09. The number of fused-ring (bicyclic) bond motifs is 1. The van der Waals surface area contributed by atoms with Crippen LogP contribution in [0.2, 0.25) is 0 Å². The minimum absolute atomic E-state index is 0. The number of nitrogens with zero attached hydrogens (tertiary/aromatic N) is 2. The second-order valence-electron chi connectivity index (χ2n) is 4.78. The lowest BCUT2D eigenvalue weighted by Gasteiger charge is -2.15. The van der Waals surface area contributed by atoms with Crippen molar-refractivity contribution < 1.29 is 4.74 Å². The third-order valence-electron chi connectivity index (χ3n) is 3.18. The first-order chi connectivity index (χ1) is 9.33. The van der Waals surface area contributed by atoms with Crippen LogP contribution < -0.4 is 10.6 Å². The van der Waals surface area contributed by atoms with Crippen molar-refractivity contribution >= 4 is 52.2 Å². The molecule has 3 rings (SSSR count). The second-order valence-corrected chi connectivity index (χ2v) is 5.70. The molecule has 0 radical (unpaired) electrons. The predicted molar refractivity (Wildman–Crippen MR) is 92.3 cm³/mol. The number of nitrogens with one attached hydrogen (secondary N) is 2. The fraction of sp³-hybridized carbons (Fsp3) is 0.538. The van der Waals surface area contributed by atoms with E-state index in [2.05, 4.69) is 26.0 Å². The summed E-state index contributed by atoms with van der Waals surface area (Å²) >= 11 is 1.68. The fourth-order valence-electron chi connectivity index (χ4n) is 2.23. The Bertz CT molecular complexity index is 558. The lowest BCUT2D eigenvalue weighted by atomic mass is 10.1. The van der Waals surface area contributed by atoms with Gasteiger partial charge in [0.25, 0.3) is 0 Å². The number of halogens is 2. The Morgan fingerprint density at radius 2 is 2.29 bits per heavy atom. The molecule has 0 aliphatic carbocycles. The average Bonchev–Trinajstić information content (AvgIpc) is 2.71. The van der Waals surface area contributed by atoms with Gasteiger partial charge in [-0.2, -0.15) is 0 Å². The molecule has 1 aliphatic heterocycles. The van der Waals surface area contributed by atoms with Crippen molar-refractivity contribution in [3.63, 3.8) is 0 Å². The van der Waals surface area contributed by atoms with Gasteiger partial charge in [-0.05, 0) is 18.4 Å². The summed E-state index contributed by atoms with van der Waals surface area (Å²) in [4.78, 5) is 8.94. The van der Waals surface area contributed by atoms with Crippen LogP contribution in [0.25, 0.3) is 10.2 Å². The van der Waals surface area contributed by atoms with Crippen LogP contribution in [-0.2, 0) is 4.74 Å². The van der Waals surface area contributed by atoms with Crippen molar-refractivity contribution in [2.45, 2.75) is 6.92 Å². The maximum atomic E-state index is 5.56. The van der Waals surface area contributed by atoms with Gasteiger partial charge in [0.1, 0.15) is 11.6 Å². The predicted octanol–water partition coefficient (Wildman–Crippen LogP) is 2.49. The minimum atomic E-state index is 0. The molecule has 0 spiro atoms. The molecule has 2 aromatic heterocycles. The molecule has 1 atom stereocenters. The zero-order valence-corrected chi connectivity index (χ0v) is 14.2. The van der Waals surface area contributed by atoms with Crippen LogP contribution in [0.5, 0.6) is 0 Å². The molecule has 1 saturated heterocycles. The van der Waals surface area contributed by atoms with Gasteiger partial charge in [0, 0.05) is 25.6 Å². The summed E-state index contributed by atoms with van der Waals surface area (Å²) in [7, 11) is 0. The van der Waals surface area contributed by atoms with Crippen molar-refractivity contribution in [2.75, 3.05) is 38.2 Å². The molecule has 1 aliphatic rings. The molecule has 5 nitrogen and oxygen atoms in total. The average molecular weight is 351 g/mol. The lowest BCUT2D eigenvalue weighted by molar-refractivity contribution is 0.127. The number of hydrogen-bond donors (Lipinski definition) is 2. The SMILES string of the molecule is Cc1nc(NCC2CNCCOC2)c2sccc2n1.Cl.Cl. The molecule has 2 aromatic rings. The van der Waals surface area contributed by atoms with Gasteiger partial charge in [-0.15, -0.1) is 36.2 Å². The monoisotopic (exact) mass is 350 g/mol. The van der Waals surface area contributed by atoms with Gasteiger partial charge in [0.2, 0.25) is 0 Å². The molecule has 21 heavy (non-hydrogen) atoms. The number of ether oxygens (including phenoxy) is 1. The molecule has 118 valence electrons. The van der Waals surface area contributed by atoms with E-state index < -0.39 is 0 Å². The van der Waals surface area contributed by atoms with Crippen LogP contribution in [0.1, 0.15) is 5.82 Å². The molecule has 8 heteroatoms. The zero-order valence-electron chi connectivity index (χ0n) is 11.8. The van der Waals surface area contributed by atoms with E-state index in [1.807, 2.05) is 13.0 Å². The molecule has 0 saturated carbocycles. The van der Waals surface area contributed by atoms with Crippen molar-refractivity contribution in [3.8, 4) is 0 Å². The largest absolute Gasteiger partial charge is 0.380 e. The van der Waals surface area contributed by atoms with Crippen LogP contribution in [-0.4, -0.2) is 42.8 Å². The third kappa shape index (κ3) is 4.66. The van der Waals surface area contributed by atoms with Gasteiger partial charge in [-0.3, -0.25) is 0 Å². The smallest absolute Gasteiger partial charge is 0.147 e. The first-order valence-electron chi connectivity index (χ1n) is 6.57. The first kappa shape index (κ1) is 18.4. The van der Waals surface area contributed by atoms with Crippen molar-refractivity contribution in [2.24, 2.45) is 5.92 Å². The highest BCUT2D eigenvalue weighted by molar-refractivity contribution is 7.17. The summed E-state index contributed by atoms with van der Waals surface area (Å²) in [5.74, 6) is 2.23. The van der Waals surface area contributed by atoms with Gasteiger partial charge < -0.3 is 15.4 Å². The van der Waals surface area contributed by atoms with E-state index >= 15 is 0 Å². The number of aryl methyl sites for hydroxylation is 1. The number of aromatic nitrogens is 2. The number of hydrogen-bond acceptors (Lipinski definition) is 6. The summed E-state index contributed by atoms with van der Waals surface area (Å²) in [6.45, 7) is 6.34. The van der Waals surface area contributed by atoms with Gasteiger partial charge in [0.05, 0.1) is 23.4 Å². The summed E-state index contributed by atoms with van der Waals surface area (Å²) in [5, 5.41) is 8.89. The van der Waals surface area contributed by atoms with E-state index in [9.17, 15) is 0 Å². The van der Waals surface area contributed by atoms with Crippen LogP contribution in [0.3, 0.4) is 0 Å². The van der Waals surface area contributed by atoms with Crippen LogP contribution in [0.15, 0.2) is 11.4 Å². The first-order valence-corrected chi connectivity index (χ1v) is 7.45. The lowest BCUT2D eigenvalue weighted by Crippen LogP contribution is -2.28. The Morgan fingerprint density at radius 1 is 1.43 bits per heavy atom. The van der Waals surface area contributed by atoms with Crippen LogP contribution in [0.4, 0.5) is 5.82 Å². The quantitative estimate of drug-likeness (QED) is 0.890. The normalized spacial score (nSPS) is 18.4. The Kier molecular flexibility index (Phi) is 7.62. The number of rotatable bonds is 3. The Morgan fingerprint density at radius 3 is 3.14 bits per heavy atom. The maximum Gasteiger partial charge on any atom is 0.147 e. The van der Waals surface area contributed by atoms with E-state index in [0.29, 0.717) is 5.92 Å². The summed E-state index contributed by atoms with van der Waals surface area (Å²) in [6, 6.07) is 2.04. The molecule has 0 bridgehead atoms. The summed E-state index contributed by atoms with van der Waals surface area (Å²) in [5.41, 5.74) is 1.02. The zero-order chi connectivity index (χ0) is 13.1. The standard InChI is InChI=1S/C13H18N4OS.2ClH/c1-9-16-11-2-5-19-12(11)13(17-9)15-7-10-6-14-3-4-18-8-10;;/h2,5,10,14H,3-4,6-8H2,1H3,(H,15,16,17);2*1H. The summed E-state index contributed by atoms with van der Waals surface area (Å²) in [6.07, 6.45) is 0. The van der Waals surface area contributed by atoms with Crippen molar-refractivity contribution in [1.29, 1.82) is 0 Å². The fourth-order valence-corrected chi connectivity index (χ4v) is 3.03. The van der Waals surface area contributed by atoms with Crippen molar-refractivity contribution in [1.82, 2.24) is 15.3 Å². The molecule has 3 heterocycles. The molecule has 1 unspecified atom stereocenters. The van der Waals surface area contributed by atoms with Gasteiger partial charge in [-0.25, -0.2) is 9.97 Å². The minimum Gasteiger partial charge on any atom is -0.380 e. The molecular weight excluding hydrogens is 331 g/mol. The van der Waals surface area contributed by atoms with Crippen LogP contribution >= 0.6 is 36.2 Å². The number of anilines is 1. The second kappa shape index (κ2) is 8.70. The highest BCUT2D eigenvalue weighted by atomic mass is 35.5. The Hall–Kier alpha value is -0.660. The Labute approximate surface area is 140 Å². The molecule has 1 fully saturated rings. The van der Waals surface area contributed by atoms with E-state index in [1.165, 1.54) is 0 Å². The molecule has 2 N–H and O–H groups in total. The highest BCUT2D eigenvalue weighted by Gasteiger charge is 2.13. The van der Waals surface area contributed by atoms with Gasteiger partial charge in [0.15, 0.2) is 0 Å². The molecule has 0 aromatic carbocycles. The van der Waals surface area contributed by atoms with Gasteiger partial charge >= 0.3 is 0 Å². The van der Waals surface area contributed by atoms with Crippen LogP contribution in [0, 0.1) is 12.8 Å². The maximum absolute atomic E-state index is 5.56. The summed E-state index contributed by atoms with van der Waals surface area (Å²) < 4.78 is 6.69. The van der Waals surface area contributed by atoms with Crippen molar-refractivity contribution in [3.05, 3.63) is 17.3 Å². The highest BCUT2D eigenvalue weighted by Crippen LogP contribution is 2.25. The van der Waals surface area contributed by atoms with Gasteiger partial charge in [-0.1, -0.05) is 0 Å². The van der Waals surface area contributed by atoms with E-state index in [1.54, 1.807) is 11.3 Å². The number of thiophene rings is 1. The Balaban J connectivity index is 0.00000110. The van der Waals surface area contributed by atoms with E-state index in [4.69, 9.17) is 4.74 Å². The molecule has 0 amide bonds. The van der Waals surface area contributed by atoms with E-state index in [0.717, 1.165) is 54.7 Å². The topological polar surface area (TPSA) is 59.1 Å². The van der Waals surface area contributed by atoms with E-state index in [-0.39, 0.29) is 24.8 Å². The molecular formula is C13H20Cl2N4OS.